The third-order valence-electron chi connectivity index (χ3n) is 3.88. The van der Waals surface area contributed by atoms with E-state index in [9.17, 15) is 4.79 Å². The summed E-state index contributed by atoms with van der Waals surface area (Å²) in [5.74, 6) is 0.179. The number of hydrogen-bond acceptors (Lipinski definition) is 3. The van der Waals surface area contributed by atoms with E-state index in [1.165, 1.54) is 12.8 Å². The molecule has 1 aromatic rings. The molecular formula is C13H20N4O. The Bertz CT molecular complexity index is 452. The van der Waals surface area contributed by atoms with Crippen molar-refractivity contribution >= 4 is 5.91 Å². The number of likely N-dealkylation sites (tertiary alicyclic amines) is 1. The molecule has 1 aromatic heterocycles. The lowest BCUT2D eigenvalue weighted by Crippen LogP contribution is -2.34. The molecule has 2 heterocycles. The molecule has 1 aliphatic heterocycles. The molecule has 1 saturated carbocycles. The number of rotatable bonds is 4. The third kappa shape index (κ3) is 1.82. The number of hydrogen-bond donors (Lipinski definition) is 1. The number of aromatic nitrogens is 2. The fourth-order valence-corrected chi connectivity index (χ4v) is 2.90. The Balaban J connectivity index is 1.92. The van der Waals surface area contributed by atoms with Crippen molar-refractivity contribution in [2.75, 3.05) is 6.54 Å². The molecule has 18 heavy (non-hydrogen) atoms. The first-order chi connectivity index (χ1) is 8.72. The molecule has 5 nitrogen and oxygen atoms in total. The Morgan fingerprint density at radius 3 is 2.94 bits per heavy atom. The van der Waals surface area contributed by atoms with E-state index in [-0.39, 0.29) is 18.0 Å². The zero-order valence-electron chi connectivity index (χ0n) is 10.7. The number of nitrogens with two attached hydrogens (primary N) is 1. The van der Waals surface area contributed by atoms with Crippen LogP contribution in [0.2, 0.25) is 0 Å². The maximum Gasteiger partial charge on any atom is 0.224 e. The number of nitrogens with zero attached hydrogens (tertiary/aromatic N) is 3. The van der Waals surface area contributed by atoms with E-state index < -0.39 is 0 Å². The first-order valence-electron chi connectivity index (χ1n) is 6.79. The third-order valence-corrected chi connectivity index (χ3v) is 3.88. The van der Waals surface area contributed by atoms with Gasteiger partial charge in [0.25, 0.3) is 0 Å². The zero-order chi connectivity index (χ0) is 12.7. The predicted molar refractivity (Wildman–Crippen MR) is 67.8 cm³/mol. The molecule has 2 N–H and O–H groups in total. The van der Waals surface area contributed by atoms with Crippen LogP contribution >= 0.6 is 0 Å². The van der Waals surface area contributed by atoms with Crippen LogP contribution in [-0.2, 0) is 4.79 Å². The highest BCUT2D eigenvalue weighted by molar-refractivity contribution is 5.80. The molecule has 3 rings (SSSR count). The van der Waals surface area contributed by atoms with Crippen LogP contribution in [0.25, 0.3) is 0 Å². The van der Waals surface area contributed by atoms with Crippen molar-refractivity contribution in [2.45, 2.75) is 50.7 Å². The molecule has 0 radical (unpaired) electrons. The van der Waals surface area contributed by atoms with Crippen LogP contribution < -0.4 is 5.73 Å². The predicted octanol–water partition coefficient (Wildman–Crippen LogP) is 1.23. The molecule has 5 heteroatoms. The molecule has 1 amide bonds. The molecule has 0 aromatic carbocycles. The number of carbonyl (C=O) groups excluding carboxylic acids is 1. The number of carbonyl (C=O) groups is 1. The lowest BCUT2D eigenvalue weighted by molar-refractivity contribution is -0.129. The van der Waals surface area contributed by atoms with Gasteiger partial charge in [-0.1, -0.05) is 6.92 Å². The van der Waals surface area contributed by atoms with Gasteiger partial charge in [0, 0.05) is 25.0 Å². The SMILES string of the molecule is CCCN1C(=O)CC(N)C1c1cncn1C1CC1. The van der Waals surface area contributed by atoms with Crippen molar-refractivity contribution < 1.29 is 4.79 Å². The van der Waals surface area contributed by atoms with E-state index in [2.05, 4.69) is 16.5 Å². The minimum absolute atomic E-state index is 0.0144. The van der Waals surface area contributed by atoms with Gasteiger partial charge in [0.05, 0.1) is 24.3 Å². The Labute approximate surface area is 107 Å². The Kier molecular flexibility index (Phi) is 2.86. The van der Waals surface area contributed by atoms with Crippen molar-refractivity contribution in [3.63, 3.8) is 0 Å². The Morgan fingerprint density at radius 2 is 2.28 bits per heavy atom. The van der Waals surface area contributed by atoms with E-state index in [1.54, 1.807) is 0 Å². The van der Waals surface area contributed by atoms with Crippen LogP contribution in [0, 0.1) is 0 Å². The maximum atomic E-state index is 12.0. The van der Waals surface area contributed by atoms with E-state index >= 15 is 0 Å². The van der Waals surface area contributed by atoms with E-state index in [0.29, 0.717) is 12.5 Å². The average Bonchev–Trinajstić information content (AvgIpc) is 3.01. The second-order valence-electron chi connectivity index (χ2n) is 5.36. The van der Waals surface area contributed by atoms with Gasteiger partial charge in [0.15, 0.2) is 0 Å². The summed E-state index contributed by atoms with van der Waals surface area (Å²) in [6.45, 7) is 2.87. The highest BCUT2D eigenvalue weighted by atomic mass is 16.2. The summed E-state index contributed by atoms with van der Waals surface area (Å²) >= 11 is 0. The first kappa shape index (κ1) is 11.7. The Hall–Kier alpha value is -1.36. The summed E-state index contributed by atoms with van der Waals surface area (Å²) < 4.78 is 2.21. The normalized spacial score (nSPS) is 28.1. The first-order valence-corrected chi connectivity index (χ1v) is 6.79. The molecule has 2 fully saturated rings. The van der Waals surface area contributed by atoms with Crippen molar-refractivity contribution in [1.82, 2.24) is 14.5 Å². The van der Waals surface area contributed by atoms with E-state index in [1.807, 2.05) is 17.4 Å². The van der Waals surface area contributed by atoms with Gasteiger partial charge in [-0.15, -0.1) is 0 Å². The van der Waals surface area contributed by atoms with Crippen LogP contribution in [0.4, 0.5) is 0 Å². The van der Waals surface area contributed by atoms with Crippen LogP contribution in [0.3, 0.4) is 0 Å². The highest BCUT2D eigenvalue weighted by Crippen LogP contribution is 2.40. The zero-order valence-corrected chi connectivity index (χ0v) is 10.7. The van der Waals surface area contributed by atoms with Crippen LogP contribution in [0.1, 0.15) is 50.4 Å². The van der Waals surface area contributed by atoms with Crippen LogP contribution in [-0.4, -0.2) is 32.9 Å². The molecule has 98 valence electrons. The summed E-state index contributed by atoms with van der Waals surface area (Å²) in [7, 11) is 0. The molecule has 2 aliphatic rings. The maximum absolute atomic E-state index is 12.0. The molecule has 2 atom stereocenters. The monoisotopic (exact) mass is 248 g/mol. The molecule has 0 spiro atoms. The van der Waals surface area contributed by atoms with Gasteiger partial charge in [0.2, 0.25) is 5.91 Å². The lowest BCUT2D eigenvalue weighted by atomic mass is 10.1. The van der Waals surface area contributed by atoms with Gasteiger partial charge in [-0.3, -0.25) is 4.79 Å². The van der Waals surface area contributed by atoms with Gasteiger partial charge in [0.1, 0.15) is 0 Å². The van der Waals surface area contributed by atoms with Crippen LogP contribution in [0.15, 0.2) is 12.5 Å². The second kappa shape index (κ2) is 4.39. The van der Waals surface area contributed by atoms with Gasteiger partial charge in [-0.25, -0.2) is 4.98 Å². The minimum Gasteiger partial charge on any atom is -0.332 e. The summed E-state index contributed by atoms with van der Waals surface area (Å²) in [5.41, 5.74) is 7.28. The minimum atomic E-state index is -0.0988. The summed E-state index contributed by atoms with van der Waals surface area (Å²) in [6.07, 6.45) is 7.61. The summed E-state index contributed by atoms with van der Waals surface area (Å²) in [5, 5.41) is 0. The number of imidazole rings is 1. The van der Waals surface area contributed by atoms with Gasteiger partial charge < -0.3 is 15.2 Å². The van der Waals surface area contributed by atoms with Crippen molar-refractivity contribution in [1.29, 1.82) is 0 Å². The molecule has 0 bridgehead atoms. The quantitative estimate of drug-likeness (QED) is 0.871. The second-order valence-corrected chi connectivity index (χ2v) is 5.36. The van der Waals surface area contributed by atoms with Crippen molar-refractivity contribution in [3.05, 3.63) is 18.2 Å². The van der Waals surface area contributed by atoms with Crippen molar-refractivity contribution in [2.24, 2.45) is 5.73 Å². The standard InChI is InChI=1S/C13H20N4O/c1-2-5-16-12(18)6-10(14)13(16)11-7-15-8-17(11)9-3-4-9/h7-10,13H,2-6,14H2,1H3. The van der Waals surface area contributed by atoms with Gasteiger partial charge in [-0.05, 0) is 19.3 Å². The largest absolute Gasteiger partial charge is 0.332 e. The van der Waals surface area contributed by atoms with E-state index in [0.717, 1.165) is 18.7 Å². The number of amides is 1. The smallest absolute Gasteiger partial charge is 0.224 e. The topological polar surface area (TPSA) is 64.2 Å². The van der Waals surface area contributed by atoms with E-state index in [4.69, 9.17) is 5.73 Å². The molecule has 1 saturated heterocycles. The lowest BCUT2D eigenvalue weighted by Gasteiger charge is -2.27. The molecule has 2 unspecified atom stereocenters. The average molecular weight is 248 g/mol. The van der Waals surface area contributed by atoms with Gasteiger partial charge in [-0.2, -0.15) is 0 Å². The summed E-state index contributed by atoms with van der Waals surface area (Å²) in [6, 6.07) is 0.493. The molecular weight excluding hydrogens is 228 g/mol. The summed E-state index contributed by atoms with van der Waals surface area (Å²) in [4.78, 5) is 18.2. The molecule has 1 aliphatic carbocycles. The highest BCUT2D eigenvalue weighted by Gasteiger charge is 2.41. The van der Waals surface area contributed by atoms with Crippen molar-refractivity contribution in [3.8, 4) is 0 Å². The van der Waals surface area contributed by atoms with Gasteiger partial charge >= 0.3 is 0 Å². The van der Waals surface area contributed by atoms with Crippen LogP contribution in [0.5, 0.6) is 0 Å². The fourth-order valence-electron chi connectivity index (χ4n) is 2.90. The Morgan fingerprint density at radius 1 is 1.50 bits per heavy atom. The fraction of sp³-hybridized carbons (Fsp3) is 0.692.